The predicted molar refractivity (Wildman–Crippen MR) is 76.2 cm³/mol. The lowest BCUT2D eigenvalue weighted by molar-refractivity contribution is 0.0696. The number of aromatic carboxylic acids is 1. The van der Waals surface area contributed by atoms with Gasteiger partial charge in [0.2, 0.25) is 0 Å². The Morgan fingerprint density at radius 3 is 2.62 bits per heavy atom. The topological polar surface area (TPSA) is 79.7 Å². The van der Waals surface area contributed by atoms with Crippen molar-refractivity contribution >= 4 is 17.7 Å². The van der Waals surface area contributed by atoms with E-state index in [4.69, 9.17) is 9.84 Å². The van der Waals surface area contributed by atoms with Gasteiger partial charge in [0.05, 0.1) is 17.4 Å². The molecule has 0 fully saturated rings. The van der Waals surface area contributed by atoms with Crippen LogP contribution in [0.1, 0.15) is 15.9 Å². The molecule has 0 aliphatic carbocycles. The Labute approximate surface area is 121 Å². The lowest BCUT2D eigenvalue weighted by Gasteiger charge is -2.17. The van der Waals surface area contributed by atoms with E-state index >= 15 is 0 Å². The van der Waals surface area contributed by atoms with Crippen molar-refractivity contribution < 1.29 is 19.4 Å². The fourth-order valence-electron chi connectivity index (χ4n) is 1.65. The Morgan fingerprint density at radius 2 is 1.95 bits per heavy atom. The SMILES string of the molecule is CN(C(=O)OCc1ccccc1)c1cncc(C(=O)O)c1. The molecule has 2 rings (SSSR count). The number of amides is 1. The first kappa shape index (κ1) is 14.5. The van der Waals surface area contributed by atoms with Crippen molar-refractivity contribution in [2.75, 3.05) is 11.9 Å². The van der Waals surface area contributed by atoms with Crippen molar-refractivity contribution in [1.29, 1.82) is 0 Å². The second-order valence-corrected chi connectivity index (χ2v) is 4.34. The molecule has 0 bridgehead atoms. The molecule has 1 aromatic heterocycles. The van der Waals surface area contributed by atoms with Crippen LogP contribution >= 0.6 is 0 Å². The zero-order valence-corrected chi connectivity index (χ0v) is 11.4. The third-order valence-electron chi connectivity index (χ3n) is 2.84. The van der Waals surface area contributed by atoms with Gasteiger partial charge in [0.25, 0.3) is 0 Å². The van der Waals surface area contributed by atoms with Gasteiger partial charge in [-0.1, -0.05) is 30.3 Å². The number of carbonyl (C=O) groups is 2. The molecule has 2 aromatic rings. The molecule has 6 nitrogen and oxygen atoms in total. The van der Waals surface area contributed by atoms with Gasteiger partial charge in [0.15, 0.2) is 0 Å². The van der Waals surface area contributed by atoms with Crippen molar-refractivity contribution in [3.63, 3.8) is 0 Å². The van der Waals surface area contributed by atoms with Gasteiger partial charge in [-0.3, -0.25) is 9.88 Å². The Morgan fingerprint density at radius 1 is 1.24 bits per heavy atom. The summed E-state index contributed by atoms with van der Waals surface area (Å²) in [5.41, 5.74) is 1.24. The van der Waals surface area contributed by atoms with Crippen molar-refractivity contribution in [2.24, 2.45) is 0 Å². The molecule has 0 atom stereocenters. The summed E-state index contributed by atoms with van der Waals surface area (Å²) in [6, 6.07) is 10.6. The molecule has 0 unspecified atom stereocenters. The zero-order chi connectivity index (χ0) is 15.2. The van der Waals surface area contributed by atoms with Crippen LogP contribution in [0, 0.1) is 0 Å². The van der Waals surface area contributed by atoms with E-state index in [0.29, 0.717) is 5.69 Å². The second-order valence-electron chi connectivity index (χ2n) is 4.34. The van der Waals surface area contributed by atoms with Crippen molar-refractivity contribution in [2.45, 2.75) is 6.61 Å². The van der Waals surface area contributed by atoms with E-state index in [2.05, 4.69) is 4.98 Å². The smallest absolute Gasteiger partial charge is 0.414 e. The molecular formula is C15H14N2O4. The molecule has 108 valence electrons. The quantitative estimate of drug-likeness (QED) is 0.934. The first-order valence-corrected chi connectivity index (χ1v) is 6.20. The van der Waals surface area contributed by atoms with E-state index in [9.17, 15) is 9.59 Å². The van der Waals surface area contributed by atoms with Crippen molar-refractivity contribution in [1.82, 2.24) is 4.98 Å². The fourth-order valence-corrected chi connectivity index (χ4v) is 1.65. The Balaban J connectivity index is 2.02. The number of carboxylic acids is 1. The van der Waals surface area contributed by atoms with E-state index < -0.39 is 12.1 Å². The number of hydrogen-bond acceptors (Lipinski definition) is 4. The van der Waals surface area contributed by atoms with E-state index in [1.54, 1.807) is 0 Å². The van der Waals surface area contributed by atoms with E-state index in [0.717, 1.165) is 5.56 Å². The van der Waals surface area contributed by atoms with Gasteiger partial charge in [-0.2, -0.15) is 0 Å². The summed E-state index contributed by atoms with van der Waals surface area (Å²) < 4.78 is 5.16. The second kappa shape index (κ2) is 6.51. The van der Waals surface area contributed by atoms with Crippen LogP contribution in [-0.4, -0.2) is 29.2 Å². The first-order chi connectivity index (χ1) is 10.1. The van der Waals surface area contributed by atoms with Gasteiger partial charge in [0.1, 0.15) is 6.61 Å². The lowest BCUT2D eigenvalue weighted by Crippen LogP contribution is -2.27. The number of benzene rings is 1. The number of aromatic nitrogens is 1. The van der Waals surface area contributed by atoms with Crippen LogP contribution < -0.4 is 4.90 Å². The summed E-state index contributed by atoms with van der Waals surface area (Å²) in [6.45, 7) is 0.149. The van der Waals surface area contributed by atoms with Crippen LogP contribution in [0.5, 0.6) is 0 Å². The third-order valence-corrected chi connectivity index (χ3v) is 2.84. The standard InChI is InChI=1S/C15H14N2O4/c1-17(13-7-12(14(18)19)8-16-9-13)15(20)21-10-11-5-3-2-4-6-11/h2-9H,10H2,1H3,(H,18,19). The summed E-state index contributed by atoms with van der Waals surface area (Å²) >= 11 is 0. The largest absolute Gasteiger partial charge is 0.478 e. The number of carboxylic acid groups (broad SMARTS) is 1. The molecule has 21 heavy (non-hydrogen) atoms. The Kier molecular flexibility index (Phi) is 4.50. The highest BCUT2D eigenvalue weighted by Crippen LogP contribution is 2.14. The molecule has 1 heterocycles. The molecule has 0 aliphatic heterocycles. The molecule has 0 aliphatic rings. The van der Waals surface area contributed by atoms with Crippen LogP contribution in [-0.2, 0) is 11.3 Å². The number of pyridine rings is 1. The number of nitrogens with zero attached hydrogens (tertiary/aromatic N) is 2. The maximum Gasteiger partial charge on any atom is 0.414 e. The summed E-state index contributed by atoms with van der Waals surface area (Å²) in [6.07, 6.45) is 2.04. The number of ether oxygens (including phenoxy) is 1. The lowest BCUT2D eigenvalue weighted by atomic mass is 10.2. The average molecular weight is 286 g/mol. The number of carbonyl (C=O) groups excluding carboxylic acids is 1. The summed E-state index contributed by atoms with van der Waals surface area (Å²) in [7, 11) is 1.50. The molecule has 6 heteroatoms. The van der Waals surface area contributed by atoms with Crippen molar-refractivity contribution in [3.8, 4) is 0 Å². The number of anilines is 1. The van der Waals surface area contributed by atoms with E-state index in [1.165, 1.54) is 30.4 Å². The molecule has 0 saturated carbocycles. The van der Waals surface area contributed by atoms with Crippen LogP contribution in [0.2, 0.25) is 0 Å². The molecule has 1 amide bonds. The van der Waals surface area contributed by atoms with Gasteiger partial charge in [-0.15, -0.1) is 0 Å². The van der Waals surface area contributed by atoms with Gasteiger partial charge in [0, 0.05) is 13.2 Å². The van der Waals surface area contributed by atoms with Gasteiger partial charge >= 0.3 is 12.1 Å². The maximum absolute atomic E-state index is 11.9. The molecule has 1 N–H and O–H groups in total. The minimum absolute atomic E-state index is 0.00945. The predicted octanol–water partition coefficient (Wildman–Crippen LogP) is 2.55. The Hall–Kier alpha value is -2.89. The monoisotopic (exact) mass is 286 g/mol. The summed E-state index contributed by atoms with van der Waals surface area (Å²) in [4.78, 5) is 27.8. The highest BCUT2D eigenvalue weighted by Gasteiger charge is 2.14. The maximum atomic E-state index is 11.9. The molecule has 0 spiro atoms. The van der Waals surface area contributed by atoms with E-state index in [1.807, 2.05) is 30.3 Å². The average Bonchev–Trinajstić information content (AvgIpc) is 2.53. The molecule has 0 saturated heterocycles. The minimum atomic E-state index is -1.10. The van der Waals surface area contributed by atoms with Crippen LogP contribution in [0.15, 0.2) is 48.8 Å². The molecular weight excluding hydrogens is 272 g/mol. The van der Waals surface area contributed by atoms with Gasteiger partial charge in [-0.25, -0.2) is 9.59 Å². The molecule has 1 aromatic carbocycles. The van der Waals surface area contributed by atoms with Gasteiger partial charge in [-0.05, 0) is 11.6 Å². The summed E-state index contributed by atoms with van der Waals surface area (Å²) in [5, 5.41) is 8.91. The highest BCUT2D eigenvalue weighted by atomic mass is 16.6. The number of rotatable bonds is 4. The first-order valence-electron chi connectivity index (χ1n) is 6.20. The van der Waals surface area contributed by atoms with Crippen LogP contribution in [0.25, 0.3) is 0 Å². The molecule has 0 radical (unpaired) electrons. The fraction of sp³-hybridized carbons (Fsp3) is 0.133. The van der Waals surface area contributed by atoms with E-state index in [-0.39, 0.29) is 12.2 Å². The zero-order valence-electron chi connectivity index (χ0n) is 11.4. The Bertz CT molecular complexity index is 643. The number of hydrogen-bond donors (Lipinski definition) is 1. The normalized spacial score (nSPS) is 9.95. The third kappa shape index (κ3) is 3.79. The summed E-state index contributed by atoms with van der Waals surface area (Å²) in [5.74, 6) is -1.10. The van der Waals surface area contributed by atoms with Gasteiger partial charge < -0.3 is 9.84 Å². The van der Waals surface area contributed by atoms with Crippen LogP contribution in [0.3, 0.4) is 0 Å². The minimum Gasteiger partial charge on any atom is -0.478 e. The van der Waals surface area contributed by atoms with Crippen LogP contribution in [0.4, 0.5) is 10.5 Å². The highest BCUT2D eigenvalue weighted by molar-refractivity contribution is 5.91. The van der Waals surface area contributed by atoms with Crippen molar-refractivity contribution in [3.05, 3.63) is 59.9 Å².